The van der Waals surface area contributed by atoms with Gasteiger partial charge in [-0.2, -0.15) is 0 Å². The Morgan fingerprint density at radius 3 is 2.30 bits per heavy atom. The van der Waals surface area contributed by atoms with Crippen LogP contribution >= 0.6 is 0 Å². The standard InChI is InChI=1S/C10H17/c1-7-4-5-8-6-9(7)10(8,2)3/h7-8H,4-6H2,1-3H3. The first-order valence-electron chi connectivity index (χ1n) is 4.48. The molecule has 0 aromatic rings. The molecule has 3 rings (SSSR count). The average Bonchev–Trinajstić information content (AvgIpc) is 1.87. The van der Waals surface area contributed by atoms with Gasteiger partial charge in [-0.25, -0.2) is 0 Å². The summed E-state index contributed by atoms with van der Waals surface area (Å²) in [7, 11) is 0. The van der Waals surface area contributed by atoms with Crippen molar-refractivity contribution in [1.82, 2.24) is 0 Å². The summed E-state index contributed by atoms with van der Waals surface area (Å²) in [6, 6.07) is 0. The van der Waals surface area contributed by atoms with Gasteiger partial charge in [0.1, 0.15) is 0 Å². The molecule has 3 aliphatic carbocycles. The zero-order valence-corrected chi connectivity index (χ0v) is 7.28. The summed E-state index contributed by atoms with van der Waals surface area (Å²) in [5.74, 6) is 3.82. The molecule has 0 N–H and O–H groups in total. The van der Waals surface area contributed by atoms with Gasteiger partial charge in [-0.3, -0.25) is 0 Å². The lowest BCUT2D eigenvalue weighted by molar-refractivity contribution is 0.0268. The number of hydrogen-bond donors (Lipinski definition) is 0. The zero-order chi connectivity index (χ0) is 7.35. The van der Waals surface area contributed by atoms with Crippen molar-refractivity contribution < 1.29 is 0 Å². The molecule has 2 unspecified atom stereocenters. The second-order valence-electron chi connectivity index (χ2n) is 4.63. The molecule has 0 aliphatic heterocycles. The van der Waals surface area contributed by atoms with Crippen LogP contribution in [0.4, 0.5) is 0 Å². The molecule has 0 aromatic carbocycles. The molecular formula is C10H17. The van der Waals surface area contributed by atoms with E-state index in [9.17, 15) is 0 Å². The Balaban J connectivity index is 2.16. The fraction of sp³-hybridized carbons (Fsp3) is 0.900. The molecule has 2 bridgehead atoms. The third-order valence-electron chi connectivity index (χ3n) is 3.86. The third kappa shape index (κ3) is 0.627. The van der Waals surface area contributed by atoms with Gasteiger partial charge in [-0.1, -0.05) is 20.8 Å². The first-order chi connectivity index (χ1) is 4.62. The van der Waals surface area contributed by atoms with Gasteiger partial charge in [-0.15, -0.1) is 0 Å². The van der Waals surface area contributed by atoms with Gasteiger partial charge in [0.05, 0.1) is 0 Å². The van der Waals surface area contributed by atoms with E-state index in [1.54, 1.807) is 0 Å². The van der Waals surface area contributed by atoms with E-state index in [0.29, 0.717) is 5.41 Å². The van der Waals surface area contributed by atoms with Crippen molar-refractivity contribution in [3.63, 3.8) is 0 Å². The summed E-state index contributed by atoms with van der Waals surface area (Å²) in [5.41, 5.74) is 0.623. The summed E-state index contributed by atoms with van der Waals surface area (Å²) in [5, 5.41) is 0. The van der Waals surface area contributed by atoms with Gasteiger partial charge in [0, 0.05) is 0 Å². The highest BCUT2D eigenvalue weighted by molar-refractivity contribution is 5.21. The van der Waals surface area contributed by atoms with Gasteiger partial charge in [0.25, 0.3) is 0 Å². The molecule has 3 aliphatic rings. The molecule has 0 amide bonds. The molecule has 57 valence electrons. The summed E-state index contributed by atoms with van der Waals surface area (Å²) in [6.07, 6.45) is 4.40. The highest BCUT2D eigenvalue weighted by Gasteiger charge is 2.53. The highest BCUT2D eigenvalue weighted by atomic mass is 14.6. The lowest BCUT2D eigenvalue weighted by Crippen LogP contribution is -2.49. The van der Waals surface area contributed by atoms with E-state index in [1.807, 2.05) is 5.92 Å². The molecule has 0 spiro atoms. The Kier molecular flexibility index (Phi) is 1.19. The quantitative estimate of drug-likeness (QED) is 0.481. The van der Waals surface area contributed by atoms with E-state index >= 15 is 0 Å². The number of fused-ring (bicyclic) bond motifs is 2. The second-order valence-corrected chi connectivity index (χ2v) is 4.63. The molecule has 2 atom stereocenters. The van der Waals surface area contributed by atoms with Crippen LogP contribution in [0.3, 0.4) is 0 Å². The molecule has 1 radical (unpaired) electrons. The summed E-state index contributed by atoms with van der Waals surface area (Å²) >= 11 is 0. The van der Waals surface area contributed by atoms with Crippen LogP contribution in [0.15, 0.2) is 0 Å². The summed E-state index contributed by atoms with van der Waals surface area (Å²) in [6.45, 7) is 7.24. The Morgan fingerprint density at radius 2 is 2.00 bits per heavy atom. The molecule has 3 fully saturated rings. The van der Waals surface area contributed by atoms with Crippen molar-refractivity contribution in [1.29, 1.82) is 0 Å². The molecule has 0 heteroatoms. The van der Waals surface area contributed by atoms with E-state index < -0.39 is 0 Å². The van der Waals surface area contributed by atoms with Crippen molar-refractivity contribution in [2.45, 2.75) is 40.0 Å². The lowest BCUT2D eigenvalue weighted by Gasteiger charge is -2.59. The average molecular weight is 137 g/mol. The molecule has 0 aromatic heterocycles. The predicted octanol–water partition coefficient (Wildman–Crippen LogP) is 3.04. The van der Waals surface area contributed by atoms with Crippen LogP contribution in [0.5, 0.6) is 0 Å². The number of rotatable bonds is 0. The van der Waals surface area contributed by atoms with Crippen LogP contribution in [0.1, 0.15) is 40.0 Å². The van der Waals surface area contributed by atoms with Crippen LogP contribution < -0.4 is 0 Å². The van der Waals surface area contributed by atoms with Crippen molar-refractivity contribution in [2.75, 3.05) is 0 Å². The fourth-order valence-corrected chi connectivity index (χ4v) is 2.84. The smallest absolute Gasteiger partial charge is 0.0151 e. The van der Waals surface area contributed by atoms with E-state index in [1.165, 1.54) is 19.3 Å². The fourth-order valence-electron chi connectivity index (χ4n) is 2.84. The normalized spacial score (nSPS) is 44.7. The van der Waals surface area contributed by atoms with E-state index in [4.69, 9.17) is 0 Å². The monoisotopic (exact) mass is 137 g/mol. The minimum Gasteiger partial charge on any atom is -0.0619 e. The minimum atomic E-state index is 0.623. The molecule has 3 saturated carbocycles. The minimum absolute atomic E-state index is 0.623. The lowest BCUT2D eigenvalue weighted by atomic mass is 9.46. The van der Waals surface area contributed by atoms with Gasteiger partial charge in [0.15, 0.2) is 0 Å². The van der Waals surface area contributed by atoms with Gasteiger partial charge < -0.3 is 0 Å². The van der Waals surface area contributed by atoms with Crippen molar-refractivity contribution >= 4 is 0 Å². The van der Waals surface area contributed by atoms with Crippen LogP contribution in [0, 0.1) is 23.2 Å². The Morgan fingerprint density at radius 1 is 1.30 bits per heavy atom. The van der Waals surface area contributed by atoms with Gasteiger partial charge in [0.2, 0.25) is 0 Å². The Bertz CT molecular complexity index is 144. The zero-order valence-electron chi connectivity index (χ0n) is 7.28. The van der Waals surface area contributed by atoms with Gasteiger partial charge >= 0.3 is 0 Å². The molecule has 0 saturated heterocycles. The van der Waals surface area contributed by atoms with Crippen LogP contribution in [-0.4, -0.2) is 0 Å². The first-order valence-corrected chi connectivity index (χ1v) is 4.48. The van der Waals surface area contributed by atoms with Gasteiger partial charge in [-0.05, 0) is 42.4 Å². The maximum absolute atomic E-state index is 2.42. The van der Waals surface area contributed by atoms with Crippen molar-refractivity contribution in [3.05, 3.63) is 5.92 Å². The third-order valence-corrected chi connectivity index (χ3v) is 3.86. The molecular weight excluding hydrogens is 120 g/mol. The molecule has 10 heavy (non-hydrogen) atoms. The summed E-state index contributed by atoms with van der Waals surface area (Å²) < 4.78 is 0. The van der Waals surface area contributed by atoms with Crippen molar-refractivity contribution in [2.24, 2.45) is 17.3 Å². The highest BCUT2D eigenvalue weighted by Crippen LogP contribution is 2.62. The number of hydrogen-bond acceptors (Lipinski definition) is 0. The van der Waals surface area contributed by atoms with Crippen LogP contribution in [0.25, 0.3) is 0 Å². The Hall–Kier alpha value is 0. The first kappa shape index (κ1) is 6.69. The largest absolute Gasteiger partial charge is 0.0619 e. The molecule has 0 heterocycles. The maximum Gasteiger partial charge on any atom is -0.0151 e. The van der Waals surface area contributed by atoms with Crippen LogP contribution in [-0.2, 0) is 0 Å². The van der Waals surface area contributed by atoms with E-state index in [-0.39, 0.29) is 0 Å². The van der Waals surface area contributed by atoms with E-state index in [2.05, 4.69) is 20.8 Å². The predicted molar refractivity (Wildman–Crippen MR) is 43.5 cm³/mol. The van der Waals surface area contributed by atoms with Crippen molar-refractivity contribution in [3.8, 4) is 0 Å². The summed E-state index contributed by atoms with van der Waals surface area (Å²) in [4.78, 5) is 0. The topological polar surface area (TPSA) is 0 Å². The van der Waals surface area contributed by atoms with E-state index in [0.717, 1.165) is 11.8 Å². The van der Waals surface area contributed by atoms with Crippen LogP contribution in [0.2, 0.25) is 0 Å². The maximum atomic E-state index is 2.42. The molecule has 0 nitrogen and oxygen atoms in total. The Labute approximate surface area is 64.0 Å². The second kappa shape index (κ2) is 1.78. The SMILES string of the molecule is CC1CCC2C[C]1C2(C)C.